The number of hydrogen-bond acceptors (Lipinski definition) is 8. The molecular formula is C40H42ClN3O6. The van der Waals surface area contributed by atoms with Gasteiger partial charge in [-0.25, -0.2) is 0 Å². The molecule has 0 unspecified atom stereocenters. The number of amides is 1. The van der Waals surface area contributed by atoms with Crippen molar-refractivity contribution in [1.29, 1.82) is 0 Å². The van der Waals surface area contributed by atoms with Crippen molar-refractivity contribution in [3.8, 4) is 11.5 Å². The number of fused-ring (bicyclic) bond motifs is 1. The summed E-state index contributed by atoms with van der Waals surface area (Å²) in [5.74, 6) is -0.0119. The molecule has 2 atom stereocenters. The maximum Gasteiger partial charge on any atom is 0.329 e. The molecule has 1 aromatic heterocycles. The van der Waals surface area contributed by atoms with Crippen LogP contribution in [0, 0.1) is 0 Å². The lowest BCUT2D eigenvalue weighted by Gasteiger charge is -2.33. The number of carbonyl (C=O) groups excluding carboxylic acids is 2. The highest BCUT2D eigenvalue weighted by Gasteiger charge is 2.32. The smallest absolute Gasteiger partial charge is 0.329 e. The normalized spacial score (nSPS) is 12.8. The first-order valence-electron chi connectivity index (χ1n) is 16.4. The first-order valence-corrected chi connectivity index (χ1v) is 16.8. The molecule has 0 saturated carbocycles. The maximum atomic E-state index is 13.6. The van der Waals surface area contributed by atoms with Crippen LogP contribution < -0.4 is 4.74 Å². The minimum atomic E-state index is -0.800. The van der Waals surface area contributed by atoms with Crippen molar-refractivity contribution in [1.82, 2.24) is 14.9 Å². The van der Waals surface area contributed by atoms with E-state index in [9.17, 15) is 19.8 Å². The predicted octanol–water partition coefficient (Wildman–Crippen LogP) is 7.54. The van der Waals surface area contributed by atoms with E-state index in [1.807, 2.05) is 72.8 Å². The molecule has 1 amide bonds. The second-order valence-corrected chi connectivity index (χ2v) is 13.6. The molecule has 0 bridgehead atoms. The van der Waals surface area contributed by atoms with E-state index >= 15 is 0 Å². The van der Waals surface area contributed by atoms with Gasteiger partial charge in [0, 0.05) is 42.7 Å². The summed E-state index contributed by atoms with van der Waals surface area (Å²) in [6.45, 7) is 7.31. The van der Waals surface area contributed by atoms with Crippen molar-refractivity contribution in [2.75, 3.05) is 13.2 Å². The largest absolute Gasteiger partial charge is 0.457 e. The number of benzene rings is 4. The van der Waals surface area contributed by atoms with Crippen LogP contribution in [0.2, 0.25) is 5.02 Å². The van der Waals surface area contributed by atoms with Gasteiger partial charge in [-0.15, -0.1) is 0 Å². The third kappa shape index (κ3) is 9.25. The van der Waals surface area contributed by atoms with Gasteiger partial charge in [-0.1, -0.05) is 72.3 Å². The van der Waals surface area contributed by atoms with Crippen molar-refractivity contribution in [3.05, 3.63) is 137 Å². The van der Waals surface area contributed by atoms with Gasteiger partial charge in [-0.3, -0.25) is 19.5 Å². The van der Waals surface area contributed by atoms with Crippen LogP contribution in [-0.2, 0) is 22.6 Å². The molecule has 5 rings (SSSR count). The fraction of sp³-hybridized carbons (Fsp3) is 0.275. The van der Waals surface area contributed by atoms with Gasteiger partial charge in [0.2, 0.25) is 0 Å². The summed E-state index contributed by atoms with van der Waals surface area (Å²) in [5, 5.41) is 24.0. The maximum absolute atomic E-state index is 13.6. The van der Waals surface area contributed by atoms with E-state index < -0.39 is 23.5 Å². The predicted molar refractivity (Wildman–Crippen MR) is 194 cm³/mol. The third-order valence-corrected chi connectivity index (χ3v) is 8.43. The number of ether oxygens (including phenoxy) is 1. The van der Waals surface area contributed by atoms with Crippen LogP contribution in [0.25, 0.3) is 10.9 Å². The number of hydroxylamine groups is 2. The molecule has 10 heteroatoms. The Morgan fingerprint density at radius 2 is 1.62 bits per heavy atom. The van der Waals surface area contributed by atoms with Crippen LogP contribution in [0.4, 0.5) is 0 Å². The SMILES string of the molecule is CC(=O)ON(C(=O)c1cccc2c(Oc3ccc(C[C@@H](CO)N(Cc4ccccc4)C[C@H](O)c4cccc(Cl)c4)cc3)ccnc12)C(C)(C)C. The first kappa shape index (κ1) is 36.5. The zero-order valence-electron chi connectivity index (χ0n) is 28.6. The number of aliphatic hydroxyl groups excluding tert-OH is 2. The molecular weight excluding hydrogens is 654 g/mol. The molecule has 0 spiro atoms. The number of aliphatic hydroxyl groups is 2. The molecule has 4 aromatic carbocycles. The second kappa shape index (κ2) is 16.3. The number of para-hydroxylation sites is 1. The molecule has 0 aliphatic carbocycles. The number of pyridine rings is 1. The van der Waals surface area contributed by atoms with Gasteiger partial charge in [-0.05, 0) is 86.3 Å². The number of rotatable bonds is 12. The van der Waals surface area contributed by atoms with E-state index in [1.165, 1.54) is 6.92 Å². The Kier molecular flexibility index (Phi) is 11.9. The Labute approximate surface area is 297 Å². The molecule has 1 heterocycles. The summed E-state index contributed by atoms with van der Waals surface area (Å²) in [5.41, 5.74) is 2.66. The average molecular weight is 696 g/mol. The average Bonchev–Trinajstić information content (AvgIpc) is 3.09. The van der Waals surface area contributed by atoms with Crippen molar-refractivity contribution < 1.29 is 29.4 Å². The molecule has 0 aliphatic rings. The standard InChI is InChI=1S/C40H42ClN3O6/c1-27(46)50-44(40(2,3)4)39(48)35-15-9-14-34-37(20-21-42-38(34)35)49-33-18-16-28(17-19-33)22-32(26-45)43(24-29-10-6-5-7-11-29)25-36(47)30-12-8-13-31(41)23-30/h5-21,23,32,36,45,47H,22,24-26H2,1-4H3/t32-,36-/m0/s1. The highest BCUT2D eigenvalue weighted by Crippen LogP contribution is 2.32. The van der Waals surface area contributed by atoms with Gasteiger partial charge >= 0.3 is 5.97 Å². The second-order valence-electron chi connectivity index (χ2n) is 13.1. The number of hydrogen-bond donors (Lipinski definition) is 2. The Hall–Kier alpha value is -4.80. The summed E-state index contributed by atoms with van der Waals surface area (Å²) in [4.78, 5) is 37.2. The Balaban J connectivity index is 1.35. The Morgan fingerprint density at radius 1 is 0.900 bits per heavy atom. The lowest BCUT2D eigenvalue weighted by atomic mass is 10.0. The van der Waals surface area contributed by atoms with Crippen LogP contribution in [0.15, 0.2) is 109 Å². The lowest BCUT2D eigenvalue weighted by Crippen LogP contribution is -2.46. The molecule has 2 N–H and O–H groups in total. The molecule has 260 valence electrons. The molecule has 0 fully saturated rings. The van der Waals surface area contributed by atoms with Crippen LogP contribution in [0.3, 0.4) is 0 Å². The molecule has 5 aromatic rings. The van der Waals surface area contributed by atoms with Gasteiger partial charge < -0.3 is 19.8 Å². The quantitative estimate of drug-likeness (QED) is 0.129. The van der Waals surface area contributed by atoms with Crippen molar-refractivity contribution in [3.63, 3.8) is 0 Å². The minimum Gasteiger partial charge on any atom is -0.457 e. The van der Waals surface area contributed by atoms with E-state index in [0.717, 1.165) is 16.2 Å². The van der Waals surface area contributed by atoms with Crippen LogP contribution >= 0.6 is 11.6 Å². The summed E-state index contributed by atoms with van der Waals surface area (Å²) >= 11 is 6.20. The lowest BCUT2D eigenvalue weighted by molar-refractivity contribution is -0.192. The van der Waals surface area contributed by atoms with Crippen LogP contribution in [0.5, 0.6) is 11.5 Å². The molecule has 0 saturated heterocycles. The summed E-state index contributed by atoms with van der Waals surface area (Å²) < 4.78 is 6.29. The highest BCUT2D eigenvalue weighted by atomic mass is 35.5. The van der Waals surface area contributed by atoms with E-state index in [4.69, 9.17) is 21.2 Å². The van der Waals surface area contributed by atoms with Gasteiger partial charge in [0.25, 0.3) is 5.91 Å². The number of halogens is 1. The molecule has 0 radical (unpaired) electrons. The topological polar surface area (TPSA) is 112 Å². The van der Waals surface area contributed by atoms with E-state index in [0.29, 0.717) is 52.5 Å². The summed E-state index contributed by atoms with van der Waals surface area (Å²) in [6.07, 6.45) is 1.30. The van der Waals surface area contributed by atoms with Gasteiger partial charge in [0.1, 0.15) is 11.5 Å². The van der Waals surface area contributed by atoms with Crippen molar-refractivity contribution in [2.24, 2.45) is 0 Å². The van der Waals surface area contributed by atoms with E-state index in [1.54, 1.807) is 57.3 Å². The van der Waals surface area contributed by atoms with E-state index in [2.05, 4.69) is 9.88 Å². The zero-order valence-corrected chi connectivity index (χ0v) is 29.4. The molecule has 50 heavy (non-hydrogen) atoms. The molecule has 9 nitrogen and oxygen atoms in total. The van der Waals surface area contributed by atoms with Gasteiger partial charge in [0.05, 0.1) is 29.3 Å². The Bertz CT molecular complexity index is 1910. The van der Waals surface area contributed by atoms with Crippen molar-refractivity contribution >= 4 is 34.4 Å². The minimum absolute atomic E-state index is 0.110. The molecule has 0 aliphatic heterocycles. The highest BCUT2D eigenvalue weighted by molar-refractivity contribution is 6.30. The van der Waals surface area contributed by atoms with Crippen LogP contribution in [0.1, 0.15) is 60.8 Å². The Morgan fingerprint density at radius 3 is 2.28 bits per heavy atom. The fourth-order valence-corrected chi connectivity index (χ4v) is 5.94. The van der Waals surface area contributed by atoms with Gasteiger partial charge in [0.15, 0.2) is 0 Å². The zero-order chi connectivity index (χ0) is 35.8. The summed E-state index contributed by atoms with van der Waals surface area (Å²) in [7, 11) is 0. The fourth-order valence-electron chi connectivity index (χ4n) is 5.74. The summed E-state index contributed by atoms with van der Waals surface area (Å²) in [6, 6.07) is 31.4. The number of aromatic nitrogens is 1. The van der Waals surface area contributed by atoms with Gasteiger partial charge in [-0.2, -0.15) is 5.06 Å². The van der Waals surface area contributed by atoms with Crippen LogP contribution in [-0.4, -0.2) is 61.8 Å². The number of nitrogens with zero attached hydrogens (tertiary/aromatic N) is 3. The number of carbonyl (C=O) groups is 2. The van der Waals surface area contributed by atoms with E-state index in [-0.39, 0.29) is 18.2 Å². The monoisotopic (exact) mass is 695 g/mol. The van der Waals surface area contributed by atoms with Crippen molar-refractivity contribution in [2.45, 2.75) is 58.3 Å². The first-order chi connectivity index (χ1) is 23.9. The third-order valence-electron chi connectivity index (χ3n) is 8.19.